The highest BCUT2D eigenvalue weighted by Gasteiger charge is 2.08. The maximum absolute atomic E-state index is 10.1. The Morgan fingerprint density at radius 3 is 2.80 bits per heavy atom. The minimum absolute atomic E-state index is 0.0812. The molecule has 1 atom stereocenters. The molecule has 82 valence electrons. The molecule has 1 amide bonds. The zero-order chi connectivity index (χ0) is 11.3. The van der Waals surface area contributed by atoms with Crippen LogP contribution in [-0.4, -0.2) is 28.0 Å². The summed E-state index contributed by atoms with van der Waals surface area (Å²) < 4.78 is 0. The van der Waals surface area contributed by atoms with E-state index in [4.69, 9.17) is 10.2 Å². The molecule has 0 fully saturated rings. The molecule has 1 aromatic carbocycles. The van der Waals surface area contributed by atoms with Gasteiger partial charge in [0.1, 0.15) is 5.75 Å². The number of phenols is 1. The number of carbonyl (C=O) groups is 1. The number of aromatic hydroxyl groups is 1. The predicted molar refractivity (Wildman–Crippen MR) is 53.7 cm³/mol. The van der Waals surface area contributed by atoms with Gasteiger partial charge in [0.15, 0.2) is 0 Å². The number of carboxylic acid groups (broad SMARTS) is 1. The lowest BCUT2D eigenvalue weighted by atomic mass is 10.1. The van der Waals surface area contributed by atoms with Crippen molar-refractivity contribution in [2.75, 3.05) is 6.54 Å². The lowest BCUT2D eigenvalue weighted by Crippen LogP contribution is -2.23. The zero-order valence-electron chi connectivity index (χ0n) is 8.05. The quantitative estimate of drug-likeness (QED) is 0.600. The standard InChI is InChI=1S/C10H13NO4/c12-8-3-1-2-7(6-8)9(13)4-5-11-10(14)15/h1-3,6,9,11-13H,4-5H2,(H,14,15)/t9-/m1/s1. The molecule has 1 aromatic rings. The van der Waals surface area contributed by atoms with Crippen molar-refractivity contribution >= 4 is 6.09 Å². The molecular weight excluding hydrogens is 198 g/mol. The molecule has 0 aliphatic heterocycles. The molecule has 0 aliphatic carbocycles. The third-order valence-electron chi connectivity index (χ3n) is 1.95. The summed E-state index contributed by atoms with van der Waals surface area (Å²) in [5.74, 6) is 0.0812. The average Bonchev–Trinajstić information content (AvgIpc) is 2.17. The van der Waals surface area contributed by atoms with Crippen LogP contribution >= 0.6 is 0 Å². The van der Waals surface area contributed by atoms with Gasteiger partial charge in [-0.2, -0.15) is 0 Å². The van der Waals surface area contributed by atoms with Crippen LogP contribution < -0.4 is 5.32 Å². The van der Waals surface area contributed by atoms with Gasteiger partial charge in [-0.1, -0.05) is 12.1 Å². The van der Waals surface area contributed by atoms with E-state index in [9.17, 15) is 9.90 Å². The molecule has 1 rings (SSSR count). The third-order valence-corrected chi connectivity index (χ3v) is 1.95. The second kappa shape index (κ2) is 5.21. The van der Waals surface area contributed by atoms with Gasteiger partial charge in [0.25, 0.3) is 0 Å². The van der Waals surface area contributed by atoms with E-state index in [1.165, 1.54) is 12.1 Å². The molecule has 0 aliphatic rings. The molecule has 5 nitrogen and oxygen atoms in total. The number of hydrogen-bond acceptors (Lipinski definition) is 3. The Morgan fingerprint density at radius 1 is 1.47 bits per heavy atom. The van der Waals surface area contributed by atoms with E-state index in [0.717, 1.165) is 0 Å². The number of rotatable bonds is 4. The van der Waals surface area contributed by atoms with E-state index in [-0.39, 0.29) is 18.7 Å². The fraction of sp³-hybridized carbons (Fsp3) is 0.300. The Morgan fingerprint density at radius 2 is 2.20 bits per heavy atom. The number of aliphatic hydroxyl groups excluding tert-OH is 1. The van der Waals surface area contributed by atoms with Crippen LogP contribution in [0.1, 0.15) is 18.1 Å². The summed E-state index contributed by atoms with van der Waals surface area (Å²) in [5.41, 5.74) is 0.571. The van der Waals surface area contributed by atoms with Crippen LogP contribution in [0.25, 0.3) is 0 Å². The highest BCUT2D eigenvalue weighted by atomic mass is 16.4. The van der Waals surface area contributed by atoms with Gasteiger partial charge < -0.3 is 20.6 Å². The van der Waals surface area contributed by atoms with Crippen molar-refractivity contribution in [2.45, 2.75) is 12.5 Å². The minimum Gasteiger partial charge on any atom is -0.508 e. The molecule has 0 heterocycles. The predicted octanol–water partition coefficient (Wildman–Crippen LogP) is 1.08. The van der Waals surface area contributed by atoms with Crippen LogP contribution in [0.4, 0.5) is 4.79 Å². The molecule has 0 spiro atoms. The van der Waals surface area contributed by atoms with Crippen molar-refractivity contribution in [2.24, 2.45) is 0 Å². The lowest BCUT2D eigenvalue weighted by Gasteiger charge is -2.10. The van der Waals surface area contributed by atoms with Gasteiger partial charge >= 0.3 is 6.09 Å². The number of phenolic OH excluding ortho intramolecular Hbond substituents is 1. The van der Waals surface area contributed by atoms with Crippen molar-refractivity contribution in [3.05, 3.63) is 29.8 Å². The van der Waals surface area contributed by atoms with Crippen molar-refractivity contribution < 1.29 is 20.1 Å². The minimum atomic E-state index is -1.11. The molecule has 5 heteroatoms. The Bertz CT molecular complexity index is 340. The van der Waals surface area contributed by atoms with E-state index in [1.807, 2.05) is 0 Å². The van der Waals surface area contributed by atoms with Gasteiger partial charge in [-0.05, 0) is 24.1 Å². The Hall–Kier alpha value is -1.75. The molecule has 0 saturated heterocycles. The average molecular weight is 211 g/mol. The normalized spacial score (nSPS) is 12.1. The molecule has 0 saturated carbocycles. The van der Waals surface area contributed by atoms with E-state index in [0.29, 0.717) is 5.56 Å². The van der Waals surface area contributed by atoms with Crippen LogP contribution in [0.5, 0.6) is 5.75 Å². The monoisotopic (exact) mass is 211 g/mol. The van der Waals surface area contributed by atoms with Crippen LogP contribution in [0.3, 0.4) is 0 Å². The van der Waals surface area contributed by atoms with Crippen LogP contribution in [0, 0.1) is 0 Å². The van der Waals surface area contributed by atoms with E-state index < -0.39 is 12.2 Å². The Kier molecular flexibility index (Phi) is 3.93. The second-order valence-electron chi connectivity index (χ2n) is 3.13. The fourth-order valence-corrected chi connectivity index (χ4v) is 1.21. The first-order valence-electron chi connectivity index (χ1n) is 4.53. The fourth-order valence-electron chi connectivity index (χ4n) is 1.21. The first kappa shape index (κ1) is 11.3. The smallest absolute Gasteiger partial charge is 0.404 e. The van der Waals surface area contributed by atoms with Crippen molar-refractivity contribution in [3.8, 4) is 5.75 Å². The molecule has 15 heavy (non-hydrogen) atoms. The van der Waals surface area contributed by atoms with E-state index >= 15 is 0 Å². The maximum Gasteiger partial charge on any atom is 0.404 e. The second-order valence-corrected chi connectivity index (χ2v) is 3.13. The van der Waals surface area contributed by atoms with Gasteiger partial charge in [0.2, 0.25) is 0 Å². The first-order valence-corrected chi connectivity index (χ1v) is 4.53. The number of hydrogen-bond donors (Lipinski definition) is 4. The highest BCUT2D eigenvalue weighted by Crippen LogP contribution is 2.19. The molecule has 0 radical (unpaired) electrons. The Balaban J connectivity index is 2.46. The summed E-state index contributed by atoms with van der Waals surface area (Å²) in [7, 11) is 0. The number of benzene rings is 1. The maximum atomic E-state index is 10.1. The van der Waals surface area contributed by atoms with Crippen LogP contribution in [0.15, 0.2) is 24.3 Å². The van der Waals surface area contributed by atoms with Crippen LogP contribution in [0.2, 0.25) is 0 Å². The summed E-state index contributed by atoms with van der Waals surface area (Å²) in [6.45, 7) is 0.173. The summed E-state index contributed by atoms with van der Waals surface area (Å²) in [6, 6.07) is 6.25. The van der Waals surface area contributed by atoms with Gasteiger partial charge in [0, 0.05) is 6.54 Å². The molecule has 0 bridgehead atoms. The summed E-state index contributed by atoms with van der Waals surface area (Å²) in [5, 5.41) is 29.2. The summed E-state index contributed by atoms with van der Waals surface area (Å²) in [4.78, 5) is 10.1. The Labute approximate surface area is 87.0 Å². The highest BCUT2D eigenvalue weighted by molar-refractivity contribution is 5.64. The SMILES string of the molecule is O=C(O)NCC[C@@H](O)c1cccc(O)c1. The number of nitrogens with one attached hydrogen (secondary N) is 1. The number of amides is 1. The summed E-state index contributed by atoms with van der Waals surface area (Å²) in [6.07, 6.45) is -1.61. The van der Waals surface area contributed by atoms with Gasteiger partial charge in [-0.15, -0.1) is 0 Å². The van der Waals surface area contributed by atoms with Crippen molar-refractivity contribution in [1.82, 2.24) is 5.32 Å². The van der Waals surface area contributed by atoms with Gasteiger partial charge in [-0.3, -0.25) is 0 Å². The van der Waals surface area contributed by atoms with E-state index in [1.54, 1.807) is 12.1 Å². The molecule has 0 unspecified atom stereocenters. The van der Waals surface area contributed by atoms with E-state index in [2.05, 4.69) is 5.32 Å². The van der Waals surface area contributed by atoms with Crippen molar-refractivity contribution in [3.63, 3.8) is 0 Å². The topological polar surface area (TPSA) is 89.8 Å². The van der Waals surface area contributed by atoms with Crippen LogP contribution in [-0.2, 0) is 0 Å². The van der Waals surface area contributed by atoms with Crippen molar-refractivity contribution in [1.29, 1.82) is 0 Å². The van der Waals surface area contributed by atoms with Gasteiger partial charge in [-0.25, -0.2) is 4.79 Å². The third kappa shape index (κ3) is 3.86. The molecule has 4 N–H and O–H groups in total. The largest absolute Gasteiger partial charge is 0.508 e. The zero-order valence-corrected chi connectivity index (χ0v) is 8.05. The first-order chi connectivity index (χ1) is 7.09. The lowest BCUT2D eigenvalue weighted by molar-refractivity contribution is 0.162. The number of aliphatic hydroxyl groups is 1. The summed E-state index contributed by atoms with van der Waals surface area (Å²) >= 11 is 0. The molecular formula is C10H13NO4. The van der Waals surface area contributed by atoms with Gasteiger partial charge in [0.05, 0.1) is 6.10 Å². The molecule has 0 aromatic heterocycles.